The molecule has 0 aliphatic heterocycles. The zero-order valence-corrected chi connectivity index (χ0v) is 10.9. The third kappa shape index (κ3) is 3.32. The third-order valence-corrected chi connectivity index (χ3v) is 2.99. The van der Waals surface area contributed by atoms with Gasteiger partial charge in [-0.25, -0.2) is 4.98 Å². The number of aromatic nitrogens is 3. The first-order chi connectivity index (χ1) is 7.44. The van der Waals surface area contributed by atoms with E-state index in [4.69, 9.17) is 0 Å². The lowest BCUT2D eigenvalue weighted by atomic mass is 9.84. The van der Waals surface area contributed by atoms with Gasteiger partial charge in [0.25, 0.3) is 0 Å². The van der Waals surface area contributed by atoms with Crippen LogP contribution in [0.2, 0.25) is 0 Å². The van der Waals surface area contributed by atoms with E-state index in [0.717, 1.165) is 18.1 Å². The monoisotopic (exact) mass is 221 g/mol. The Morgan fingerprint density at radius 1 is 1.38 bits per heavy atom. The lowest BCUT2D eigenvalue weighted by Gasteiger charge is -2.22. The number of aromatic amines is 1. The third-order valence-electron chi connectivity index (χ3n) is 2.99. The summed E-state index contributed by atoms with van der Waals surface area (Å²) in [4.78, 5) is 4.58. The van der Waals surface area contributed by atoms with Crippen LogP contribution in [0.3, 0.4) is 0 Å². The van der Waals surface area contributed by atoms with Gasteiger partial charge in [-0.2, -0.15) is 5.10 Å². The fourth-order valence-electron chi connectivity index (χ4n) is 2.37. The smallest absolute Gasteiger partial charge is 0.153 e. The molecule has 1 fully saturated rings. The van der Waals surface area contributed by atoms with Gasteiger partial charge in [-0.3, -0.25) is 5.10 Å². The Hall–Kier alpha value is -0.860. The highest BCUT2D eigenvalue weighted by atomic mass is 15.2. The topological polar surface area (TPSA) is 41.6 Å². The van der Waals surface area contributed by atoms with Crippen LogP contribution in [0.4, 0.5) is 0 Å². The van der Waals surface area contributed by atoms with E-state index >= 15 is 0 Å². The Bertz CT molecular complexity index is 344. The van der Waals surface area contributed by atoms with Crippen LogP contribution in [0.15, 0.2) is 0 Å². The minimum Gasteiger partial charge on any atom is -0.263 e. The number of nitrogens with zero attached hydrogens (tertiary/aromatic N) is 2. The van der Waals surface area contributed by atoms with Crippen LogP contribution in [0.1, 0.15) is 64.5 Å². The van der Waals surface area contributed by atoms with Crippen LogP contribution in [0, 0.1) is 11.3 Å². The van der Waals surface area contributed by atoms with E-state index in [0.29, 0.717) is 17.3 Å². The molecule has 0 saturated heterocycles. The largest absolute Gasteiger partial charge is 0.263 e. The summed E-state index contributed by atoms with van der Waals surface area (Å²) < 4.78 is 0. The van der Waals surface area contributed by atoms with Crippen molar-refractivity contribution in [2.45, 2.75) is 59.3 Å². The zero-order chi connectivity index (χ0) is 11.8. The summed E-state index contributed by atoms with van der Waals surface area (Å²) in [7, 11) is 0. The molecule has 0 spiro atoms. The van der Waals surface area contributed by atoms with E-state index in [9.17, 15) is 0 Å². The maximum Gasteiger partial charge on any atom is 0.153 e. The van der Waals surface area contributed by atoms with E-state index in [2.05, 4.69) is 42.9 Å². The van der Waals surface area contributed by atoms with Gasteiger partial charge in [0.05, 0.1) is 0 Å². The fraction of sp³-hybridized carbons (Fsp3) is 0.846. The second-order valence-corrected chi connectivity index (χ2v) is 6.49. The number of hydrogen-bond donors (Lipinski definition) is 1. The summed E-state index contributed by atoms with van der Waals surface area (Å²) in [5.41, 5.74) is 0.402. The van der Waals surface area contributed by atoms with E-state index in [1.807, 2.05) is 0 Å². The molecule has 16 heavy (non-hydrogen) atoms. The Balaban J connectivity index is 1.87. The Labute approximate surface area is 98.1 Å². The molecule has 2 rings (SSSR count). The van der Waals surface area contributed by atoms with Crippen LogP contribution < -0.4 is 0 Å². The van der Waals surface area contributed by atoms with Gasteiger partial charge < -0.3 is 0 Å². The predicted molar refractivity (Wildman–Crippen MR) is 65.3 cm³/mol. The Kier molecular flexibility index (Phi) is 3.04. The minimum atomic E-state index is 0.402. The average molecular weight is 221 g/mol. The molecule has 1 N–H and O–H groups in total. The molecule has 1 aromatic heterocycles. The van der Waals surface area contributed by atoms with Crippen molar-refractivity contribution in [3.8, 4) is 0 Å². The van der Waals surface area contributed by atoms with Crippen LogP contribution in [-0.4, -0.2) is 15.2 Å². The highest BCUT2D eigenvalue weighted by Crippen LogP contribution is 2.37. The standard InChI is InChI=1S/C13H23N3/c1-9(8-13(2,3)4)7-11-14-12(16-15-11)10-5-6-10/h9-10H,5-8H2,1-4H3,(H,14,15,16). The van der Waals surface area contributed by atoms with Gasteiger partial charge in [0.2, 0.25) is 0 Å². The van der Waals surface area contributed by atoms with Crippen molar-refractivity contribution >= 4 is 0 Å². The molecule has 90 valence electrons. The molecule has 1 unspecified atom stereocenters. The summed E-state index contributed by atoms with van der Waals surface area (Å²) in [5.74, 6) is 3.43. The maximum absolute atomic E-state index is 4.58. The second kappa shape index (κ2) is 4.19. The van der Waals surface area contributed by atoms with Crippen molar-refractivity contribution < 1.29 is 0 Å². The molecule has 0 aromatic carbocycles. The van der Waals surface area contributed by atoms with Gasteiger partial charge in [0.15, 0.2) is 5.82 Å². The maximum atomic E-state index is 4.58. The quantitative estimate of drug-likeness (QED) is 0.847. The van der Waals surface area contributed by atoms with Crippen LogP contribution >= 0.6 is 0 Å². The van der Waals surface area contributed by atoms with E-state index in [1.165, 1.54) is 19.3 Å². The first-order valence-corrected chi connectivity index (χ1v) is 6.35. The summed E-state index contributed by atoms with van der Waals surface area (Å²) in [6.07, 6.45) is 4.80. The molecule has 3 heteroatoms. The summed E-state index contributed by atoms with van der Waals surface area (Å²) in [5, 5.41) is 7.37. The average Bonchev–Trinajstić information content (AvgIpc) is 2.85. The van der Waals surface area contributed by atoms with Gasteiger partial charge in [-0.1, -0.05) is 27.7 Å². The number of rotatable bonds is 4. The summed E-state index contributed by atoms with van der Waals surface area (Å²) >= 11 is 0. The lowest BCUT2D eigenvalue weighted by Crippen LogP contribution is -2.13. The molecule has 0 radical (unpaired) electrons. The van der Waals surface area contributed by atoms with Crippen LogP contribution in [0.5, 0.6) is 0 Å². The van der Waals surface area contributed by atoms with Crippen molar-refractivity contribution in [2.24, 2.45) is 11.3 Å². The van der Waals surface area contributed by atoms with Crippen LogP contribution in [0.25, 0.3) is 0 Å². The van der Waals surface area contributed by atoms with Crippen molar-refractivity contribution in [1.29, 1.82) is 0 Å². The van der Waals surface area contributed by atoms with E-state index in [1.54, 1.807) is 0 Å². The number of H-pyrrole nitrogens is 1. The molecule has 1 aromatic rings. The molecular weight excluding hydrogens is 198 g/mol. The summed E-state index contributed by atoms with van der Waals surface area (Å²) in [6, 6.07) is 0. The van der Waals surface area contributed by atoms with Gasteiger partial charge in [0.1, 0.15) is 5.82 Å². The van der Waals surface area contributed by atoms with E-state index < -0.39 is 0 Å². The fourth-order valence-corrected chi connectivity index (χ4v) is 2.37. The number of hydrogen-bond acceptors (Lipinski definition) is 2. The molecule has 1 atom stereocenters. The highest BCUT2D eigenvalue weighted by molar-refractivity contribution is 5.05. The SMILES string of the molecule is CC(Cc1nc(C2CC2)n[nH]1)CC(C)(C)C. The van der Waals surface area contributed by atoms with Crippen molar-refractivity contribution in [1.82, 2.24) is 15.2 Å². The molecule has 3 nitrogen and oxygen atoms in total. The van der Waals surface area contributed by atoms with Crippen LogP contribution in [-0.2, 0) is 6.42 Å². The van der Waals surface area contributed by atoms with Gasteiger partial charge in [0, 0.05) is 12.3 Å². The summed E-state index contributed by atoms with van der Waals surface area (Å²) in [6.45, 7) is 9.17. The normalized spacial score (nSPS) is 18.8. The molecule has 1 aliphatic rings. The molecule has 0 amide bonds. The molecule has 0 bridgehead atoms. The van der Waals surface area contributed by atoms with Gasteiger partial charge in [-0.15, -0.1) is 0 Å². The molecule has 1 saturated carbocycles. The van der Waals surface area contributed by atoms with E-state index in [-0.39, 0.29) is 0 Å². The van der Waals surface area contributed by atoms with Crippen molar-refractivity contribution in [3.63, 3.8) is 0 Å². The Morgan fingerprint density at radius 2 is 2.06 bits per heavy atom. The lowest BCUT2D eigenvalue weighted by molar-refractivity contribution is 0.304. The molecule has 1 heterocycles. The first-order valence-electron chi connectivity index (χ1n) is 6.35. The second-order valence-electron chi connectivity index (χ2n) is 6.49. The molecular formula is C13H23N3. The van der Waals surface area contributed by atoms with Crippen molar-refractivity contribution in [2.75, 3.05) is 0 Å². The highest BCUT2D eigenvalue weighted by Gasteiger charge is 2.28. The minimum absolute atomic E-state index is 0.402. The predicted octanol–water partition coefficient (Wildman–Crippen LogP) is 3.30. The number of nitrogens with one attached hydrogen (secondary N) is 1. The van der Waals surface area contributed by atoms with Crippen molar-refractivity contribution in [3.05, 3.63) is 11.6 Å². The molecule has 1 aliphatic carbocycles. The Morgan fingerprint density at radius 3 is 2.62 bits per heavy atom. The van der Waals surface area contributed by atoms with Gasteiger partial charge >= 0.3 is 0 Å². The zero-order valence-electron chi connectivity index (χ0n) is 10.9. The van der Waals surface area contributed by atoms with Gasteiger partial charge in [-0.05, 0) is 30.6 Å². The first kappa shape index (κ1) is 11.6.